The average Bonchev–Trinajstić information content (AvgIpc) is 3.40. The Morgan fingerprint density at radius 2 is 1.76 bits per heavy atom. The minimum atomic E-state index is -0.108. The van der Waals surface area contributed by atoms with Crippen LogP contribution in [0.25, 0.3) is 28.1 Å². The van der Waals surface area contributed by atoms with Gasteiger partial charge in [0.25, 0.3) is 5.56 Å². The number of nitrogens with zero attached hydrogens (tertiary/aromatic N) is 8. The smallest absolute Gasteiger partial charge is 0.262 e. The molecule has 9 heteroatoms. The maximum Gasteiger partial charge on any atom is 0.262 e. The molecule has 0 fully saturated rings. The first-order chi connectivity index (χ1) is 14.2. The second kappa shape index (κ2) is 6.62. The Hall–Kier alpha value is -3.88. The summed E-state index contributed by atoms with van der Waals surface area (Å²) in [5.41, 5.74) is 2.81. The predicted octanol–water partition coefficient (Wildman–Crippen LogP) is 1.85. The molecule has 144 valence electrons. The van der Waals surface area contributed by atoms with Gasteiger partial charge in [0, 0.05) is 12.6 Å². The molecule has 0 unspecified atom stereocenters. The van der Waals surface area contributed by atoms with Gasteiger partial charge in [0.2, 0.25) is 11.6 Å². The molecule has 9 nitrogen and oxygen atoms in total. The number of para-hydroxylation sites is 1. The molecule has 0 bridgehead atoms. The zero-order valence-electron chi connectivity index (χ0n) is 16.0. The molecule has 0 atom stereocenters. The minimum absolute atomic E-state index is 0.108. The molecule has 0 saturated carbocycles. The van der Waals surface area contributed by atoms with Crippen molar-refractivity contribution < 1.29 is 0 Å². The monoisotopic (exact) mass is 386 g/mol. The fourth-order valence-corrected chi connectivity index (χ4v) is 3.44. The lowest BCUT2D eigenvalue weighted by Crippen LogP contribution is -2.20. The number of hydrogen-bond acceptors (Lipinski definition) is 6. The van der Waals surface area contributed by atoms with Crippen molar-refractivity contribution >= 4 is 16.7 Å². The van der Waals surface area contributed by atoms with E-state index in [9.17, 15) is 4.79 Å². The first-order valence-electron chi connectivity index (χ1n) is 9.34. The highest BCUT2D eigenvalue weighted by Gasteiger charge is 2.16. The van der Waals surface area contributed by atoms with Crippen LogP contribution in [0, 0.1) is 0 Å². The molecule has 0 amide bonds. The molecule has 0 aliphatic rings. The molecule has 3 aromatic heterocycles. The Morgan fingerprint density at radius 1 is 0.966 bits per heavy atom. The third kappa shape index (κ3) is 2.78. The molecule has 0 saturated heterocycles. The van der Waals surface area contributed by atoms with Gasteiger partial charge in [-0.15, -0.1) is 20.4 Å². The topological polar surface area (TPSA) is 95.8 Å². The van der Waals surface area contributed by atoms with Gasteiger partial charge in [0.1, 0.15) is 6.54 Å². The SMILES string of the molecule is CCc1ccc(-c2nnn(Cc3nnc4n(C)c(=O)c5ccccc5n34)n2)cc1. The summed E-state index contributed by atoms with van der Waals surface area (Å²) in [4.78, 5) is 14.0. The molecule has 5 aromatic rings. The quantitative estimate of drug-likeness (QED) is 0.468. The van der Waals surface area contributed by atoms with Crippen LogP contribution in [-0.2, 0) is 20.0 Å². The fourth-order valence-electron chi connectivity index (χ4n) is 3.44. The van der Waals surface area contributed by atoms with Gasteiger partial charge in [-0.05, 0) is 29.3 Å². The van der Waals surface area contributed by atoms with Crippen molar-refractivity contribution in [2.45, 2.75) is 19.9 Å². The normalized spacial score (nSPS) is 11.5. The van der Waals surface area contributed by atoms with Crippen LogP contribution in [0.2, 0.25) is 0 Å². The Balaban J connectivity index is 1.56. The van der Waals surface area contributed by atoms with Crippen LogP contribution >= 0.6 is 0 Å². The second-order valence-electron chi connectivity index (χ2n) is 6.83. The van der Waals surface area contributed by atoms with Crippen LogP contribution in [0.15, 0.2) is 53.3 Å². The Labute approximate surface area is 165 Å². The van der Waals surface area contributed by atoms with Crippen LogP contribution in [0.5, 0.6) is 0 Å². The van der Waals surface area contributed by atoms with Gasteiger partial charge in [0.05, 0.1) is 10.9 Å². The Bertz CT molecular complexity index is 1390. The van der Waals surface area contributed by atoms with Crippen molar-refractivity contribution in [3.8, 4) is 11.4 Å². The second-order valence-corrected chi connectivity index (χ2v) is 6.83. The van der Waals surface area contributed by atoms with Gasteiger partial charge in [-0.1, -0.05) is 43.3 Å². The van der Waals surface area contributed by atoms with E-state index >= 15 is 0 Å². The van der Waals surface area contributed by atoms with E-state index in [0.29, 0.717) is 22.8 Å². The maximum atomic E-state index is 12.6. The summed E-state index contributed by atoms with van der Waals surface area (Å²) < 4.78 is 3.35. The summed E-state index contributed by atoms with van der Waals surface area (Å²) in [6.45, 7) is 2.40. The van der Waals surface area contributed by atoms with Crippen LogP contribution in [0.3, 0.4) is 0 Å². The lowest BCUT2D eigenvalue weighted by atomic mass is 10.1. The zero-order valence-corrected chi connectivity index (χ0v) is 16.0. The molecule has 29 heavy (non-hydrogen) atoms. The highest BCUT2D eigenvalue weighted by atomic mass is 16.1. The van der Waals surface area contributed by atoms with Crippen LogP contribution in [-0.4, -0.2) is 39.4 Å². The molecule has 3 heterocycles. The summed E-state index contributed by atoms with van der Waals surface area (Å²) in [6.07, 6.45) is 0.983. The van der Waals surface area contributed by atoms with Crippen molar-refractivity contribution in [3.63, 3.8) is 0 Å². The van der Waals surface area contributed by atoms with E-state index in [-0.39, 0.29) is 12.1 Å². The number of aromatic nitrogens is 8. The number of fused-ring (bicyclic) bond motifs is 3. The lowest BCUT2D eigenvalue weighted by Gasteiger charge is -2.07. The lowest BCUT2D eigenvalue weighted by molar-refractivity contribution is 0.552. The largest absolute Gasteiger partial charge is 0.279 e. The van der Waals surface area contributed by atoms with Crippen LogP contribution in [0.1, 0.15) is 18.3 Å². The molecule has 0 spiro atoms. The highest BCUT2D eigenvalue weighted by Crippen LogP contribution is 2.16. The predicted molar refractivity (Wildman–Crippen MR) is 107 cm³/mol. The van der Waals surface area contributed by atoms with Gasteiger partial charge < -0.3 is 0 Å². The Morgan fingerprint density at radius 3 is 2.55 bits per heavy atom. The molecular weight excluding hydrogens is 368 g/mol. The molecule has 0 N–H and O–H groups in total. The fraction of sp³-hybridized carbons (Fsp3) is 0.200. The summed E-state index contributed by atoms with van der Waals surface area (Å²) in [5.74, 6) is 1.65. The van der Waals surface area contributed by atoms with Crippen molar-refractivity contribution in [1.82, 2.24) is 39.4 Å². The first-order valence-corrected chi connectivity index (χ1v) is 9.34. The van der Waals surface area contributed by atoms with Crippen LogP contribution in [0.4, 0.5) is 0 Å². The molecule has 0 aliphatic carbocycles. The first kappa shape index (κ1) is 17.2. The molecule has 5 rings (SSSR count). The van der Waals surface area contributed by atoms with Crippen molar-refractivity contribution in [3.05, 3.63) is 70.3 Å². The van der Waals surface area contributed by atoms with Gasteiger partial charge in [-0.2, -0.15) is 4.80 Å². The van der Waals surface area contributed by atoms with Gasteiger partial charge in [0.15, 0.2) is 5.82 Å². The van der Waals surface area contributed by atoms with E-state index in [4.69, 9.17) is 0 Å². The van der Waals surface area contributed by atoms with Crippen molar-refractivity contribution in [2.75, 3.05) is 0 Å². The highest BCUT2D eigenvalue weighted by molar-refractivity contribution is 5.80. The maximum absolute atomic E-state index is 12.6. The van der Waals surface area contributed by atoms with Gasteiger partial charge in [-0.25, -0.2) is 0 Å². The zero-order chi connectivity index (χ0) is 20.0. The molecule has 0 radical (unpaired) electrons. The summed E-state index contributed by atoms with van der Waals surface area (Å²) >= 11 is 0. The summed E-state index contributed by atoms with van der Waals surface area (Å²) in [6, 6.07) is 15.5. The van der Waals surface area contributed by atoms with E-state index in [0.717, 1.165) is 17.5 Å². The Kier molecular flexibility index (Phi) is 3.94. The number of benzene rings is 2. The van der Waals surface area contributed by atoms with E-state index in [1.807, 2.05) is 34.7 Å². The van der Waals surface area contributed by atoms with E-state index in [1.54, 1.807) is 13.1 Å². The summed E-state index contributed by atoms with van der Waals surface area (Å²) in [5, 5.41) is 21.9. The molecular formula is C20H18N8O. The van der Waals surface area contributed by atoms with Gasteiger partial charge in [-0.3, -0.25) is 13.8 Å². The van der Waals surface area contributed by atoms with Crippen molar-refractivity contribution in [2.24, 2.45) is 7.05 Å². The standard InChI is InChI=1S/C20H18N8O/c1-3-13-8-10-14(11-9-13)18-22-25-27(24-18)12-17-21-23-20-26(2)19(29)15-6-4-5-7-16(15)28(17)20/h4-11H,3,12H2,1-2H3. The number of aryl methyl sites for hydroxylation is 2. The van der Waals surface area contributed by atoms with E-state index in [2.05, 4.69) is 44.7 Å². The molecule has 2 aromatic carbocycles. The molecule has 0 aliphatic heterocycles. The van der Waals surface area contributed by atoms with E-state index in [1.165, 1.54) is 14.9 Å². The third-order valence-electron chi connectivity index (χ3n) is 5.05. The van der Waals surface area contributed by atoms with Gasteiger partial charge >= 0.3 is 0 Å². The minimum Gasteiger partial charge on any atom is -0.279 e. The number of tetrazole rings is 1. The van der Waals surface area contributed by atoms with E-state index < -0.39 is 0 Å². The van der Waals surface area contributed by atoms with Crippen molar-refractivity contribution in [1.29, 1.82) is 0 Å². The average molecular weight is 386 g/mol. The number of rotatable bonds is 4. The number of hydrogen-bond donors (Lipinski definition) is 0. The summed E-state index contributed by atoms with van der Waals surface area (Å²) in [7, 11) is 1.69. The van der Waals surface area contributed by atoms with Crippen LogP contribution < -0.4 is 5.56 Å². The third-order valence-corrected chi connectivity index (χ3v) is 5.05.